The van der Waals surface area contributed by atoms with E-state index in [0.29, 0.717) is 18.9 Å². The van der Waals surface area contributed by atoms with Gasteiger partial charge in [-0.3, -0.25) is 0 Å². The van der Waals surface area contributed by atoms with Crippen LogP contribution in [-0.2, 0) is 6.54 Å². The fourth-order valence-corrected chi connectivity index (χ4v) is 2.14. The van der Waals surface area contributed by atoms with Crippen molar-refractivity contribution < 1.29 is 14.6 Å². The smallest absolute Gasteiger partial charge is 0.176 e. The van der Waals surface area contributed by atoms with Crippen molar-refractivity contribution in [2.75, 3.05) is 19.0 Å². The molecule has 0 radical (unpaired) electrons. The van der Waals surface area contributed by atoms with Crippen LogP contribution in [0.15, 0.2) is 36.4 Å². The van der Waals surface area contributed by atoms with Gasteiger partial charge in [0.2, 0.25) is 0 Å². The summed E-state index contributed by atoms with van der Waals surface area (Å²) in [6.45, 7) is 2.90. The molecule has 0 aliphatic carbocycles. The summed E-state index contributed by atoms with van der Waals surface area (Å²) in [7, 11) is 1.64. The Balaban J connectivity index is 2.08. The number of ether oxygens (including phenoxy) is 2. The second-order valence-corrected chi connectivity index (χ2v) is 4.85. The predicted octanol–water partition coefficient (Wildman–Crippen LogP) is 4.07. The van der Waals surface area contributed by atoms with Gasteiger partial charge in [-0.25, -0.2) is 0 Å². The fourth-order valence-electron chi connectivity index (χ4n) is 1.91. The van der Waals surface area contributed by atoms with Gasteiger partial charge in [-0.05, 0) is 48.9 Å². The number of methoxy groups -OCH3 is 1. The lowest BCUT2D eigenvalue weighted by atomic mass is 10.2. The van der Waals surface area contributed by atoms with Crippen LogP contribution in [-0.4, -0.2) is 18.8 Å². The number of anilines is 1. The molecule has 2 rings (SSSR count). The van der Waals surface area contributed by atoms with E-state index in [9.17, 15) is 5.11 Å². The van der Waals surface area contributed by atoms with Crippen LogP contribution in [0.2, 0.25) is 5.02 Å². The predicted molar refractivity (Wildman–Crippen MR) is 84.6 cm³/mol. The molecule has 21 heavy (non-hydrogen) atoms. The van der Waals surface area contributed by atoms with Gasteiger partial charge in [-0.2, -0.15) is 0 Å². The van der Waals surface area contributed by atoms with Crippen LogP contribution in [0.4, 0.5) is 5.69 Å². The van der Waals surface area contributed by atoms with E-state index < -0.39 is 0 Å². The monoisotopic (exact) mass is 307 g/mol. The van der Waals surface area contributed by atoms with Crippen molar-refractivity contribution in [1.82, 2.24) is 0 Å². The number of phenolic OH excluding ortho intramolecular Hbond substituents is 1. The van der Waals surface area contributed by atoms with Gasteiger partial charge in [-0.15, -0.1) is 0 Å². The third-order valence-electron chi connectivity index (χ3n) is 2.97. The highest BCUT2D eigenvalue weighted by molar-refractivity contribution is 6.32. The summed E-state index contributed by atoms with van der Waals surface area (Å²) < 4.78 is 10.5. The van der Waals surface area contributed by atoms with E-state index >= 15 is 0 Å². The van der Waals surface area contributed by atoms with Crippen molar-refractivity contribution in [2.24, 2.45) is 0 Å². The summed E-state index contributed by atoms with van der Waals surface area (Å²) in [5, 5.41) is 13.4. The van der Waals surface area contributed by atoms with Gasteiger partial charge in [0.05, 0.1) is 18.7 Å². The summed E-state index contributed by atoms with van der Waals surface area (Å²) >= 11 is 6.00. The summed E-state index contributed by atoms with van der Waals surface area (Å²) in [5.74, 6) is 1.19. The normalized spacial score (nSPS) is 10.2. The maximum Gasteiger partial charge on any atom is 0.176 e. The van der Waals surface area contributed by atoms with Gasteiger partial charge in [0.25, 0.3) is 0 Å². The van der Waals surface area contributed by atoms with Crippen LogP contribution < -0.4 is 14.8 Å². The fraction of sp³-hybridized carbons (Fsp3) is 0.250. The molecule has 0 amide bonds. The second-order valence-electron chi connectivity index (χ2n) is 4.44. The van der Waals surface area contributed by atoms with Crippen molar-refractivity contribution in [3.63, 3.8) is 0 Å². The van der Waals surface area contributed by atoms with Gasteiger partial charge in [0.15, 0.2) is 11.5 Å². The highest BCUT2D eigenvalue weighted by Gasteiger charge is 2.09. The maximum absolute atomic E-state index is 9.80. The van der Waals surface area contributed by atoms with Gasteiger partial charge < -0.3 is 19.9 Å². The summed E-state index contributed by atoms with van der Waals surface area (Å²) in [5.41, 5.74) is 1.90. The molecule has 0 spiro atoms. The zero-order valence-electron chi connectivity index (χ0n) is 12.0. The first-order chi connectivity index (χ1) is 10.1. The molecule has 0 bridgehead atoms. The Morgan fingerprint density at radius 1 is 1.19 bits per heavy atom. The minimum atomic E-state index is -0.0216. The number of rotatable bonds is 6. The number of nitrogens with one attached hydrogen (secondary N) is 1. The molecule has 2 aromatic rings. The van der Waals surface area contributed by atoms with E-state index in [-0.39, 0.29) is 10.8 Å². The Hall–Kier alpha value is -2.07. The molecule has 0 aromatic heterocycles. The lowest BCUT2D eigenvalue weighted by Gasteiger charge is -2.12. The molecule has 2 N–H and O–H groups in total. The number of benzene rings is 2. The standard InChI is InChI=1S/C16H18ClNO3/c1-3-21-15-9-11(8-14(17)16(15)19)10-18-12-4-6-13(20-2)7-5-12/h4-9,18-19H,3,10H2,1-2H3. The van der Waals surface area contributed by atoms with E-state index in [1.165, 1.54) is 0 Å². The molecule has 2 aromatic carbocycles. The SMILES string of the molecule is CCOc1cc(CNc2ccc(OC)cc2)cc(Cl)c1O. The molecule has 0 heterocycles. The van der Waals surface area contributed by atoms with Gasteiger partial charge in [0.1, 0.15) is 5.75 Å². The highest BCUT2D eigenvalue weighted by Crippen LogP contribution is 2.35. The number of halogens is 1. The Morgan fingerprint density at radius 3 is 2.52 bits per heavy atom. The lowest BCUT2D eigenvalue weighted by Crippen LogP contribution is -2.01. The zero-order chi connectivity index (χ0) is 15.2. The van der Waals surface area contributed by atoms with Crippen LogP contribution in [0.3, 0.4) is 0 Å². The number of hydrogen-bond acceptors (Lipinski definition) is 4. The first-order valence-corrected chi connectivity index (χ1v) is 7.04. The number of aromatic hydroxyl groups is 1. The maximum atomic E-state index is 9.80. The largest absolute Gasteiger partial charge is 0.503 e. The Bertz CT molecular complexity index is 599. The molecule has 0 fully saturated rings. The Morgan fingerprint density at radius 2 is 1.90 bits per heavy atom. The van der Waals surface area contributed by atoms with E-state index in [0.717, 1.165) is 17.0 Å². The Kier molecular flexibility index (Phi) is 5.17. The summed E-state index contributed by atoms with van der Waals surface area (Å²) in [6, 6.07) is 11.1. The second kappa shape index (κ2) is 7.09. The highest BCUT2D eigenvalue weighted by atomic mass is 35.5. The molecular formula is C16H18ClNO3. The average molecular weight is 308 g/mol. The molecule has 0 saturated carbocycles. The molecule has 5 heteroatoms. The average Bonchev–Trinajstić information content (AvgIpc) is 2.50. The molecule has 0 atom stereocenters. The van der Waals surface area contributed by atoms with E-state index in [1.807, 2.05) is 31.2 Å². The van der Waals surface area contributed by atoms with Crippen LogP contribution in [0, 0.1) is 0 Å². The van der Waals surface area contributed by atoms with Crippen LogP contribution in [0.25, 0.3) is 0 Å². The zero-order valence-corrected chi connectivity index (χ0v) is 12.8. The Labute approximate surface area is 129 Å². The lowest BCUT2D eigenvalue weighted by molar-refractivity contribution is 0.318. The van der Waals surface area contributed by atoms with Crippen molar-refractivity contribution in [3.8, 4) is 17.2 Å². The summed E-state index contributed by atoms with van der Waals surface area (Å²) in [4.78, 5) is 0. The molecule has 0 aliphatic rings. The first-order valence-electron chi connectivity index (χ1n) is 6.66. The van der Waals surface area contributed by atoms with Crippen LogP contribution >= 0.6 is 11.6 Å². The molecule has 0 unspecified atom stereocenters. The topological polar surface area (TPSA) is 50.7 Å². The minimum absolute atomic E-state index is 0.0216. The van der Waals surface area contributed by atoms with Crippen molar-refractivity contribution >= 4 is 17.3 Å². The van der Waals surface area contributed by atoms with E-state index in [2.05, 4.69) is 5.32 Å². The van der Waals surface area contributed by atoms with Crippen molar-refractivity contribution in [3.05, 3.63) is 47.0 Å². The molecular weight excluding hydrogens is 290 g/mol. The number of hydrogen-bond donors (Lipinski definition) is 2. The minimum Gasteiger partial charge on any atom is -0.503 e. The van der Waals surface area contributed by atoms with Gasteiger partial charge in [0, 0.05) is 12.2 Å². The molecule has 0 aliphatic heterocycles. The van der Waals surface area contributed by atoms with Crippen molar-refractivity contribution in [1.29, 1.82) is 0 Å². The van der Waals surface area contributed by atoms with E-state index in [4.69, 9.17) is 21.1 Å². The van der Waals surface area contributed by atoms with Gasteiger partial charge in [-0.1, -0.05) is 11.6 Å². The molecule has 0 saturated heterocycles. The van der Waals surface area contributed by atoms with Crippen molar-refractivity contribution in [2.45, 2.75) is 13.5 Å². The van der Waals surface area contributed by atoms with E-state index in [1.54, 1.807) is 19.2 Å². The third-order valence-corrected chi connectivity index (χ3v) is 3.26. The quantitative estimate of drug-likeness (QED) is 0.845. The van der Waals surface area contributed by atoms with Crippen LogP contribution in [0.5, 0.6) is 17.2 Å². The third kappa shape index (κ3) is 3.95. The molecule has 112 valence electrons. The van der Waals surface area contributed by atoms with Crippen LogP contribution in [0.1, 0.15) is 12.5 Å². The number of phenols is 1. The molecule has 4 nitrogen and oxygen atoms in total. The first kappa shape index (κ1) is 15.3. The van der Waals surface area contributed by atoms with Gasteiger partial charge >= 0.3 is 0 Å². The summed E-state index contributed by atoms with van der Waals surface area (Å²) in [6.07, 6.45) is 0.